The van der Waals surface area contributed by atoms with Gasteiger partial charge in [-0.15, -0.1) is 0 Å². The number of rotatable bonds is 6. The second kappa shape index (κ2) is 6.35. The Labute approximate surface area is 124 Å². The molecule has 0 aliphatic carbocycles. The second-order valence-electron chi connectivity index (χ2n) is 5.94. The van der Waals surface area contributed by atoms with E-state index in [0.29, 0.717) is 24.4 Å². The summed E-state index contributed by atoms with van der Waals surface area (Å²) in [7, 11) is 0. The molecule has 0 aliphatic heterocycles. The molecule has 2 rings (SSSR count). The number of aromatic nitrogens is 2. The van der Waals surface area contributed by atoms with E-state index in [0.717, 1.165) is 17.8 Å². The number of ketones is 1. The molecule has 21 heavy (non-hydrogen) atoms. The van der Waals surface area contributed by atoms with E-state index in [1.165, 1.54) is 12.1 Å². The molecule has 0 bridgehead atoms. The van der Waals surface area contributed by atoms with Crippen LogP contribution >= 0.6 is 0 Å². The molecule has 2 aromatic rings. The number of carbonyl (C=O) groups excluding carboxylic acids is 1. The molecule has 1 heterocycles. The van der Waals surface area contributed by atoms with Gasteiger partial charge in [-0.2, -0.15) is 0 Å². The van der Waals surface area contributed by atoms with Gasteiger partial charge in [0.2, 0.25) is 0 Å². The highest BCUT2D eigenvalue weighted by atomic mass is 19.1. The van der Waals surface area contributed by atoms with Crippen LogP contribution in [-0.4, -0.2) is 15.3 Å². The molecule has 1 unspecified atom stereocenters. The molecule has 0 saturated heterocycles. The Morgan fingerprint density at radius 1 is 1.43 bits per heavy atom. The first-order chi connectivity index (χ1) is 9.88. The summed E-state index contributed by atoms with van der Waals surface area (Å²) in [4.78, 5) is 15.8. The van der Waals surface area contributed by atoms with Gasteiger partial charge in [0, 0.05) is 19.0 Å². The van der Waals surface area contributed by atoms with Crippen LogP contribution in [0.1, 0.15) is 45.5 Å². The second-order valence-corrected chi connectivity index (χ2v) is 5.94. The lowest BCUT2D eigenvalue weighted by atomic mass is 10.0. The average molecular weight is 291 g/mol. The predicted octanol–water partition coefficient (Wildman–Crippen LogP) is 3.20. The Hall–Kier alpha value is -1.75. The highest BCUT2D eigenvalue weighted by molar-refractivity contribution is 5.78. The Morgan fingerprint density at radius 2 is 2.14 bits per heavy atom. The van der Waals surface area contributed by atoms with Crippen molar-refractivity contribution in [2.45, 2.75) is 46.2 Å². The minimum Gasteiger partial charge on any atom is -0.326 e. The van der Waals surface area contributed by atoms with Crippen LogP contribution in [0.2, 0.25) is 0 Å². The fourth-order valence-corrected chi connectivity index (χ4v) is 2.52. The monoisotopic (exact) mass is 291 g/mol. The molecule has 1 atom stereocenters. The SMILES string of the molecule is CC(=O)CCn1c(C(N)CC(C)C)nc2cc(F)ccc21. The van der Waals surface area contributed by atoms with E-state index >= 15 is 0 Å². The van der Waals surface area contributed by atoms with Crippen LogP contribution in [0.5, 0.6) is 0 Å². The summed E-state index contributed by atoms with van der Waals surface area (Å²) in [6.07, 6.45) is 1.22. The third-order valence-electron chi connectivity index (χ3n) is 3.48. The number of carbonyl (C=O) groups is 1. The lowest BCUT2D eigenvalue weighted by Crippen LogP contribution is -2.19. The Balaban J connectivity index is 2.45. The minimum absolute atomic E-state index is 0.113. The van der Waals surface area contributed by atoms with E-state index in [4.69, 9.17) is 5.73 Å². The summed E-state index contributed by atoms with van der Waals surface area (Å²) >= 11 is 0. The molecule has 114 valence electrons. The zero-order valence-electron chi connectivity index (χ0n) is 12.8. The number of aryl methyl sites for hydroxylation is 1. The normalized spacial score (nSPS) is 13.0. The zero-order chi connectivity index (χ0) is 15.6. The van der Waals surface area contributed by atoms with E-state index in [1.807, 2.05) is 4.57 Å². The zero-order valence-corrected chi connectivity index (χ0v) is 12.8. The van der Waals surface area contributed by atoms with Gasteiger partial charge in [-0.3, -0.25) is 4.79 Å². The summed E-state index contributed by atoms with van der Waals surface area (Å²) in [5.41, 5.74) is 7.66. The highest BCUT2D eigenvalue weighted by Crippen LogP contribution is 2.24. The number of imidazole rings is 1. The fraction of sp³-hybridized carbons (Fsp3) is 0.500. The maximum Gasteiger partial charge on any atom is 0.131 e. The molecule has 0 saturated carbocycles. The number of hydrogen-bond donors (Lipinski definition) is 1. The number of benzene rings is 1. The van der Waals surface area contributed by atoms with Gasteiger partial charge >= 0.3 is 0 Å². The van der Waals surface area contributed by atoms with Crippen LogP contribution in [0.15, 0.2) is 18.2 Å². The summed E-state index contributed by atoms with van der Waals surface area (Å²) in [5.74, 6) is 0.966. The molecule has 0 amide bonds. The van der Waals surface area contributed by atoms with E-state index in [1.54, 1.807) is 13.0 Å². The van der Waals surface area contributed by atoms with Crippen LogP contribution in [0.3, 0.4) is 0 Å². The van der Waals surface area contributed by atoms with Crippen molar-refractivity contribution in [3.63, 3.8) is 0 Å². The van der Waals surface area contributed by atoms with Crippen LogP contribution in [0.25, 0.3) is 11.0 Å². The highest BCUT2D eigenvalue weighted by Gasteiger charge is 2.18. The lowest BCUT2D eigenvalue weighted by Gasteiger charge is -2.16. The molecule has 0 aliphatic rings. The van der Waals surface area contributed by atoms with Crippen LogP contribution in [0.4, 0.5) is 4.39 Å². The van der Waals surface area contributed by atoms with Crippen LogP contribution < -0.4 is 5.73 Å². The maximum absolute atomic E-state index is 13.4. The lowest BCUT2D eigenvalue weighted by molar-refractivity contribution is -0.117. The van der Waals surface area contributed by atoms with Gasteiger partial charge in [0.15, 0.2) is 0 Å². The molecular formula is C16H22FN3O. The summed E-state index contributed by atoms with van der Waals surface area (Å²) in [5, 5.41) is 0. The fourth-order valence-electron chi connectivity index (χ4n) is 2.52. The Kier molecular flexibility index (Phi) is 4.73. The van der Waals surface area contributed by atoms with Crippen molar-refractivity contribution in [3.05, 3.63) is 29.8 Å². The summed E-state index contributed by atoms with van der Waals surface area (Å²) in [6.45, 7) is 6.29. The van der Waals surface area contributed by atoms with E-state index < -0.39 is 0 Å². The topological polar surface area (TPSA) is 60.9 Å². The minimum atomic E-state index is -0.317. The van der Waals surface area contributed by atoms with Crippen molar-refractivity contribution in [1.29, 1.82) is 0 Å². The van der Waals surface area contributed by atoms with Gasteiger partial charge in [-0.25, -0.2) is 9.37 Å². The van der Waals surface area contributed by atoms with Crippen LogP contribution in [-0.2, 0) is 11.3 Å². The number of Topliss-reactive ketones (excluding diaryl/α,β-unsaturated/α-hetero) is 1. The largest absolute Gasteiger partial charge is 0.326 e. The van der Waals surface area contributed by atoms with Gasteiger partial charge in [-0.05, 0) is 31.4 Å². The average Bonchev–Trinajstić information content (AvgIpc) is 2.73. The molecule has 1 aromatic carbocycles. The molecular weight excluding hydrogens is 269 g/mol. The first-order valence-electron chi connectivity index (χ1n) is 7.29. The van der Waals surface area contributed by atoms with Gasteiger partial charge in [0.1, 0.15) is 17.4 Å². The first-order valence-corrected chi connectivity index (χ1v) is 7.29. The molecule has 0 spiro atoms. The molecule has 4 nitrogen and oxygen atoms in total. The first kappa shape index (κ1) is 15.6. The maximum atomic E-state index is 13.4. The van der Waals surface area contributed by atoms with Crippen molar-refractivity contribution in [2.24, 2.45) is 11.7 Å². The van der Waals surface area contributed by atoms with Crippen molar-refractivity contribution in [1.82, 2.24) is 9.55 Å². The van der Waals surface area contributed by atoms with Gasteiger partial charge in [0.05, 0.1) is 17.1 Å². The summed E-state index contributed by atoms with van der Waals surface area (Å²) < 4.78 is 15.3. The standard InChI is InChI=1S/C16H22FN3O/c1-10(2)8-13(18)16-19-14-9-12(17)4-5-15(14)20(16)7-6-11(3)21/h4-5,9-10,13H,6-8,18H2,1-3H3. The quantitative estimate of drug-likeness (QED) is 0.889. The van der Waals surface area contributed by atoms with Crippen molar-refractivity contribution >= 4 is 16.8 Å². The number of halogens is 1. The molecule has 2 N–H and O–H groups in total. The number of nitrogens with zero attached hydrogens (tertiary/aromatic N) is 2. The number of fused-ring (bicyclic) bond motifs is 1. The molecule has 0 fully saturated rings. The van der Waals surface area contributed by atoms with E-state index in [9.17, 15) is 9.18 Å². The Bertz CT molecular complexity index is 648. The van der Waals surface area contributed by atoms with Crippen LogP contribution in [0, 0.1) is 11.7 Å². The van der Waals surface area contributed by atoms with Crippen molar-refractivity contribution in [3.8, 4) is 0 Å². The van der Waals surface area contributed by atoms with Gasteiger partial charge in [0.25, 0.3) is 0 Å². The number of nitrogens with two attached hydrogens (primary N) is 1. The number of hydrogen-bond acceptors (Lipinski definition) is 3. The third-order valence-corrected chi connectivity index (χ3v) is 3.48. The molecule has 5 heteroatoms. The van der Waals surface area contributed by atoms with Crippen molar-refractivity contribution in [2.75, 3.05) is 0 Å². The van der Waals surface area contributed by atoms with E-state index in [2.05, 4.69) is 18.8 Å². The van der Waals surface area contributed by atoms with Gasteiger partial charge < -0.3 is 10.3 Å². The summed E-state index contributed by atoms with van der Waals surface area (Å²) in [6, 6.07) is 4.30. The van der Waals surface area contributed by atoms with Crippen molar-refractivity contribution < 1.29 is 9.18 Å². The smallest absolute Gasteiger partial charge is 0.131 e. The molecule has 1 aromatic heterocycles. The third kappa shape index (κ3) is 3.67. The Morgan fingerprint density at radius 3 is 2.76 bits per heavy atom. The predicted molar refractivity (Wildman–Crippen MR) is 81.4 cm³/mol. The van der Waals surface area contributed by atoms with Gasteiger partial charge in [-0.1, -0.05) is 13.8 Å². The molecule has 0 radical (unpaired) electrons. The van der Waals surface area contributed by atoms with E-state index in [-0.39, 0.29) is 17.6 Å².